The van der Waals surface area contributed by atoms with Crippen LogP contribution in [0, 0.1) is 0 Å². The summed E-state index contributed by atoms with van der Waals surface area (Å²) in [7, 11) is 1.87. The van der Waals surface area contributed by atoms with Gasteiger partial charge in [-0.15, -0.1) is 0 Å². The highest BCUT2D eigenvalue weighted by molar-refractivity contribution is 6.01. The van der Waals surface area contributed by atoms with Gasteiger partial charge in [0.15, 0.2) is 0 Å². The number of carbonyl (C=O) groups excluding carboxylic acids is 2. The first kappa shape index (κ1) is 23.3. The quantitative estimate of drug-likeness (QED) is 0.381. The number of ether oxygens (including phenoxy) is 2. The average molecular weight is 488 g/mol. The highest BCUT2D eigenvalue weighted by Gasteiger charge is 2.16. The molecule has 0 spiro atoms. The molecule has 4 aromatic rings. The number of hydrogen-bond acceptors (Lipinski definition) is 7. The van der Waals surface area contributed by atoms with Crippen LogP contribution in [0.4, 0.5) is 16.2 Å². The predicted octanol–water partition coefficient (Wildman–Crippen LogP) is 3.38. The van der Waals surface area contributed by atoms with Crippen LogP contribution >= 0.6 is 0 Å². The molecule has 5 rings (SSSR count). The van der Waals surface area contributed by atoms with Crippen LogP contribution in [0.15, 0.2) is 67.0 Å². The zero-order chi connectivity index (χ0) is 24.9. The fourth-order valence-corrected chi connectivity index (χ4v) is 3.78. The predicted molar refractivity (Wildman–Crippen MR) is 134 cm³/mol. The van der Waals surface area contributed by atoms with E-state index in [-0.39, 0.29) is 17.6 Å². The third kappa shape index (κ3) is 5.59. The molecular weight excluding hydrogens is 462 g/mol. The number of nitrogens with one attached hydrogen (secondary N) is 3. The van der Waals surface area contributed by atoms with Gasteiger partial charge in [0, 0.05) is 55.2 Å². The summed E-state index contributed by atoms with van der Waals surface area (Å²) in [5, 5.41) is 12.6. The SMILES string of the molecule is Cn1ncc2cc(NC(=O)Nc3cccc(Oc4ccnc(C(=O)NN5CCOCC5)c4)c3)ccc21. The summed E-state index contributed by atoms with van der Waals surface area (Å²) < 4.78 is 13.0. The van der Waals surface area contributed by atoms with E-state index in [1.807, 2.05) is 25.2 Å². The third-order valence-electron chi connectivity index (χ3n) is 5.57. The zero-order valence-corrected chi connectivity index (χ0v) is 19.6. The molecule has 0 saturated carbocycles. The van der Waals surface area contributed by atoms with Crippen molar-refractivity contribution in [2.24, 2.45) is 7.05 Å². The zero-order valence-electron chi connectivity index (χ0n) is 19.6. The van der Waals surface area contributed by atoms with Crippen LogP contribution in [0.3, 0.4) is 0 Å². The number of rotatable bonds is 6. The molecule has 3 amide bonds. The van der Waals surface area contributed by atoms with Gasteiger partial charge in [-0.1, -0.05) is 6.07 Å². The highest BCUT2D eigenvalue weighted by Crippen LogP contribution is 2.25. The molecule has 11 nitrogen and oxygen atoms in total. The fourth-order valence-electron chi connectivity index (χ4n) is 3.78. The fraction of sp³-hybridized carbons (Fsp3) is 0.200. The van der Waals surface area contributed by atoms with Crippen LogP contribution in [0.5, 0.6) is 11.5 Å². The number of fused-ring (bicyclic) bond motifs is 1. The van der Waals surface area contributed by atoms with Gasteiger partial charge in [-0.05, 0) is 36.4 Å². The number of hydrazine groups is 1. The molecule has 0 unspecified atom stereocenters. The number of carbonyl (C=O) groups is 2. The van der Waals surface area contributed by atoms with Crippen molar-refractivity contribution in [2.75, 3.05) is 36.9 Å². The number of aromatic nitrogens is 3. The molecular formula is C25H25N7O4. The monoisotopic (exact) mass is 487 g/mol. The van der Waals surface area contributed by atoms with Crippen LogP contribution in [0.25, 0.3) is 10.9 Å². The second-order valence-corrected chi connectivity index (χ2v) is 8.17. The molecule has 2 aromatic heterocycles. The summed E-state index contributed by atoms with van der Waals surface area (Å²) >= 11 is 0. The topological polar surface area (TPSA) is 123 Å². The lowest BCUT2D eigenvalue weighted by atomic mass is 10.2. The molecule has 1 aliphatic rings. The van der Waals surface area contributed by atoms with Crippen molar-refractivity contribution in [3.8, 4) is 11.5 Å². The maximum absolute atomic E-state index is 12.5. The molecule has 1 aliphatic heterocycles. The van der Waals surface area contributed by atoms with E-state index < -0.39 is 0 Å². The van der Waals surface area contributed by atoms with Gasteiger partial charge in [-0.2, -0.15) is 5.10 Å². The molecule has 1 fully saturated rings. The van der Waals surface area contributed by atoms with E-state index in [0.717, 1.165) is 10.9 Å². The molecule has 0 aliphatic carbocycles. The van der Waals surface area contributed by atoms with Gasteiger partial charge in [-0.3, -0.25) is 19.9 Å². The molecule has 11 heteroatoms. The number of hydrogen-bond donors (Lipinski definition) is 3. The molecule has 0 radical (unpaired) electrons. The Bertz CT molecular complexity index is 1400. The Balaban J connectivity index is 1.20. The molecule has 3 heterocycles. The van der Waals surface area contributed by atoms with Gasteiger partial charge < -0.3 is 20.1 Å². The van der Waals surface area contributed by atoms with Crippen molar-refractivity contribution in [1.29, 1.82) is 0 Å². The Morgan fingerprint density at radius 2 is 1.75 bits per heavy atom. The summed E-state index contributed by atoms with van der Waals surface area (Å²) in [6, 6.07) is 15.4. The molecule has 3 N–H and O–H groups in total. The van der Waals surface area contributed by atoms with E-state index in [9.17, 15) is 9.59 Å². The van der Waals surface area contributed by atoms with E-state index in [1.54, 1.807) is 52.3 Å². The Hall–Kier alpha value is -4.48. The van der Waals surface area contributed by atoms with Gasteiger partial charge >= 0.3 is 6.03 Å². The number of benzene rings is 2. The van der Waals surface area contributed by atoms with Gasteiger partial charge in [0.2, 0.25) is 0 Å². The summed E-state index contributed by atoms with van der Waals surface area (Å²) in [5.41, 5.74) is 5.24. The lowest BCUT2D eigenvalue weighted by Crippen LogP contribution is -2.48. The second-order valence-electron chi connectivity index (χ2n) is 8.17. The van der Waals surface area contributed by atoms with Gasteiger partial charge in [0.25, 0.3) is 5.91 Å². The van der Waals surface area contributed by atoms with Crippen LogP contribution in [0.2, 0.25) is 0 Å². The van der Waals surface area contributed by atoms with E-state index in [4.69, 9.17) is 9.47 Å². The largest absolute Gasteiger partial charge is 0.457 e. The molecule has 184 valence electrons. The summed E-state index contributed by atoms with van der Waals surface area (Å²) in [5.74, 6) is 0.623. The van der Waals surface area contributed by atoms with Crippen molar-refractivity contribution in [1.82, 2.24) is 25.2 Å². The smallest absolute Gasteiger partial charge is 0.323 e. The highest BCUT2D eigenvalue weighted by atomic mass is 16.5. The number of pyridine rings is 1. The van der Waals surface area contributed by atoms with Crippen molar-refractivity contribution in [2.45, 2.75) is 0 Å². The lowest BCUT2D eigenvalue weighted by Gasteiger charge is -2.26. The average Bonchev–Trinajstić information content (AvgIpc) is 3.25. The van der Waals surface area contributed by atoms with Crippen LogP contribution in [-0.2, 0) is 11.8 Å². The normalized spacial score (nSPS) is 13.8. The number of anilines is 2. The Kier molecular flexibility index (Phi) is 6.74. The lowest BCUT2D eigenvalue weighted by molar-refractivity contribution is 0.0124. The third-order valence-corrected chi connectivity index (χ3v) is 5.57. The van der Waals surface area contributed by atoms with Gasteiger partial charge in [0.1, 0.15) is 17.2 Å². The Labute approximate surface area is 207 Å². The number of amides is 3. The van der Waals surface area contributed by atoms with Crippen molar-refractivity contribution in [3.63, 3.8) is 0 Å². The van der Waals surface area contributed by atoms with E-state index >= 15 is 0 Å². The minimum absolute atomic E-state index is 0.234. The molecule has 36 heavy (non-hydrogen) atoms. The van der Waals surface area contributed by atoms with Crippen molar-refractivity contribution < 1.29 is 19.1 Å². The van der Waals surface area contributed by atoms with Crippen molar-refractivity contribution in [3.05, 3.63) is 72.7 Å². The van der Waals surface area contributed by atoms with Gasteiger partial charge in [-0.25, -0.2) is 9.80 Å². The summed E-state index contributed by atoms with van der Waals surface area (Å²) in [4.78, 5) is 29.2. The maximum atomic E-state index is 12.5. The van der Waals surface area contributed by atoms with E-state index in [0.29, 0.717) is 49.2 Å². The number of aryl methyl sites for hydroxylation is 1. The molecule has 0 bridgehead atoms. The first-order valence-electron chi connectivity index (χ1n) is 11.4. The van der Waals surface area contributed by atoms with Gasteiger partial charge in [0.05, 0.1) is 24.9 Å². The molecule has 2 aromatic carbocycles. The van der Waals surface area contributed by atoms with E-state index in [2.05, 4.69) is 26.1 Å². The van der Waals surface area contributed by atoms with Crippen LogP contribution in [0.1, 0.15) is 10.5 Å². The first-order valence-corrected chi connectivity index (χ1v) is 11.4. The van der Waals surface area contributed by atoms with Crippen LogP contribution < -0.4 is 20.8 Å². The minimum Gasteiger partial charge on any atom is -0.457 e. The van der Waals surface area contributed by atoms with Crippen LogP contribution in [-0.4, -0.2) is 58.0 Å². The maximum Gasteiger partial charge on any atom is 0.323 e. The Morgan fingerprint density at radius 3 is 2.58 bits per heavy atom. The number of nitrogens with zero attached hydrogens (tertiary/aromatic N) is 4. The minimum atomic E-state index is -0.388. The number of urea groups is 1. The summed E-state index contributed by atoms with van der Waals surface area (Å²) in [6.07, 6.45) is 3.26. The van der Waals surface area contributed by atoms with E-state index in [1.165, 1.54) is 6.20 Å². The standard InChI is InChI=1S/C25H25N7O4/c1-31-23-6-5-19(13-17(23)16-27-31)29-25(34)28-18-3-2-4-20(14-18)36-21-7-8-26-22(15-21)24(33)30-32-9-11-35-12-10-32/h2-8,13-16H,9-12H2,1H3,(H,30,33)(H2,28,29,34). The van der Waals surface area contributed by atoms with Crippen molar-refractivity contribution >= 4 is 34.2 Å². The first-order chi connectivity index (χ1) is 17.5. The summed E-state index contributed by atoms with van der Waals surface area (Å²) in [6.45, 7) is 2.37. The Morgan fingerprint density at radius 1 is 0.972 bits per heavy atom. The number of morpholine rings is 1. The second kappa shape index (κ2) is 10.4. The molecule has 0 atom stereocenters. The molecule has 1 saturated heterocycles.